The van der Waals surface area contributed by atoms with Gasteiger partial charge in [-0.3, -0.25) is 9.59 Å². The number of thiophene rings is 1. The summed E-state index contributed by atoms with van der Waals surface area (Å²) in [6, 6.07) is 12.2. The molecule has 6 nitrogen and oxygen atoms in total. The molecule has 1 unspecified atom stereocenters. The van der Waals surface area contributed by atoms with Crippen molar-refractivity contribution >= 4 is 39.6 Å². The van der Waals surface area contributed by atoms with Gasteiger partial charge in [-0.15, -0.1) is 11.3 Å². The van der Waals surface area contributed by atoms with Gasteiger partial charge in [0.2, 0.25) is 0 Å². The number of Topliss-reactive ketones (excluding diaryl/α,β-unsaturated/α-hetero) is 1. The van der Waals surface area contributed by atoms with Crippen LogP contribution in [0.3, 0.4) is 0 Å². The molecular formula is C21H17ClN4O2S. The van der Waals surface area contributed by atoms with Gasteiger partial charge in [-0.1, -0.05) is 23.7 Å². The Morgan fingerprint density at radius 1 is 1.14 bits per heavy atom. The molecule has 0 saturated heterocycles. The predicted molar refractivity (Wildman–Crippen MR) is 113 cm³/mol. The van der Waals surface area contributed by atoms with Crippen LogP contribution in [0.4, 0.5) is 5.00 Å². The van der Waals surface area contributed by atoms with Gasteiger partial charge in [-0.05, 0) is 50.6 Å². The van der Waals surface area contributed by atoms with E-state index in [1.54, 1.807) is 57.2 Å². The molecule has 3 aromatic rings. The zero-order valence-electron chi connectivity index (χ0n) is 16.0. The fourth-order valence-corrected chi connectivity index (χ4v) is 4.12. The number of carbonyl (C=O) groups is 2. The summed E-state index contributed by atoms with van der Waals surface area (Å²) in [4.78, 5) is 34.4. The minimum atomic E-state index is -1.11. The average molecular weight is 425 g/mol. The van der Waals surface area contributed by atoms with Crippen LogP contribution in [0.5, 0.6) is 0 Å². The van der Waals surface area contributed by atoms with Crippen molar-refractivity contribution < 1.29 is 9.59 Å². The highest BCUT2D eigenvalue weighted by Gasteiger charge is 2.28. The third kappa shape index (κ3) is 4.50. The predicted octanol–water partition coefficient (Wildman–Crippen LogP) is 4.86. The van der Waals surface area contributed by atoms with Gasteiger partial charge in [0.15, 0.2) is 17.5 Å². The van der Waals surface area contributed by atoms with Crippen molar-refractivity contribution in [2.75, 3.05) is 5.32 Å². The molecule has 0 bridgehead atoms. The Balaban J connectivity index is 1.87. The lowest BCUT2D eigenvalue weighted by molar-refractivity contribution is 0.0978. The first kappa shape index (κ1) is 20.6. The highest BCUT2D eigenvalue weighted by atomic mass is 35.5. The highest BCUT2D eigenvalue weighted by Crippen LogP contribution is 2.31. The number of hydrogen-bond donors (Lipinski definition) is 1. The smallest absolute Gasteiger partial charge is 0.257 e. The normalized spacial score (nSPS) is 11.6. The van der Waals surface area contributed by atoms with Crippen LogP contribution in [0.15, 0.2) is 36.4 Å². The third-order valence-electron chi connectivity index (χ3n) is 4.15. The molecule has 1 amide bonds. The molecule has 0 aliphatic rings. The maximum Gasteiger partial charge on any atom is 0.257 e. The zero-order valence-corrected chi connectivity index (χ0v) is 17.6. The SMILES string of the molecule is Cc1cc(C)nc(C(C#N)C(=O)c2sc(NC(=O)c3ccccc3Cl)cc2C)n1. The molecule has 0 spiro atoms. The molecule has 2 heterocycles. The summed E-state index contributed by atoms with van der Waals surface area (Å²) in [5.41, 5.74) is 2.39. The largest absolute Gasteiger partial charge is 0.313 e. The number of halogens is 1. The van der Waals surface area contributed by atoms with Crippen LogP contribution in [0.2, 0.25) is 5.02 Å². The molecule has 0 fully saturated rings. The fraction of sp³-hybridized carbons (Fsp3) is 0.190. The van der Waals surface area contributed by atoms with Crippen molar-refractivity contribution in [3.05, 3.63) is 74.6 Å². The number of amides is 1. The highest BCUT2D eigenvalue weighted by molar-refractivity contribution is 7.18. The molecular weight excluding hydrogens is 408 g/mol. The lowest BCUT2D eigenvalue weighted by Gasteiger charge is -2.08. The Labute approximate surface area is 177 Å². The van der Waals surface area contributed by atoms with Crippen LogP contribution in [0.25, 0.3) is 0 Å². The van der Waals surface area contributed by atoms with Crippen LogP contribution in [-0.4, -0.2) is 21.7 Å². The van der Waals surface area contributed by atoms with Gasteiger partial charge in [0.05, 0.1) is 26.5 Å². The minimum absolute atomic E-state index is 0.185. The number of anilines is 1. The van der Waals surface area contributed by atoms with E-state index in [0.717, 1.165) is 11.3 Å². The molecule has 29 heavy (non-hydrogen) atoms. The van der Waals surface area contributed by atoms with Crippen molar-refractivity contribution in [2.45, 2.75) is 26.7 Å². The number of benzene rings is 1. The number of aromatic nitrogens is 2. The van der Waals surface area contributed by atoms with E-state index in [4.69, 9.17) is 11.6 Å². The van der Waals surface area contributed by atoms with Crippen molar-refractivity contribution in [1.82, 2.24) is 9.97 Å². The van der Waals surface area contributed by atoms with Gasteiger partial charge in [-0.25, -0.2) is 9.97 Å². The van der Waals surface area contributed by atoms with Crippen molar-refractivity contribution in [1.29, 1.82) is 5.26 Å². The number of nitrogens with one attached hydrogen (secondary N) is 1. The third-order valence-corrected chi connectivity index (χ3v) is 5.64. The van der Waals surface area contributed by atoms with Crippen LogP contribution < -0.4 is 5.32 Å². The lowest BCUT2D eigenvalue weighted by Crippen LogP contribution is -2.15. The molecule has 0 radical (unpaired) electrons. The summed E-state index contributed by atoms with van der Waals surface area (Å²) in [7, 11) is 0. The lowest BCUT2D eigenvalue weighted by atomic mass is 10.0. The monoisotopic (exact) mass is 424 g/mol. The van der Waals surface area contributed by atoms with Crippen LogP contribution in [0.1, 0.15) is 48.7 Å². The molecule has 2 aromatic heterocycles. The Hall–Kier alpha value is -3.08. The first-order valence-electron chi connectivity index (χ1n) is 8.72. The van der Waals surface area contributed by atoms with Crippen molar-refractivity contribution in [2.24, 2.45) is 0 Å². The topological polar surface area (TPSA) is 95.7 Å². The van der Waals surface area contributed by atoms with Crippen molar-refractivity contribution in [3.63, 3.8) is 0 Å². The molecule has 8 heteroatoms. The molecule has 0 saturated carbocycles. The molecule has 1 atom stereocenters. The molecule has 1 N–H and O–H groups in total. The van der Waals surface area contributed by atoms with E-state index in [-0.39, 0.29) is 11.7 Å². The number of aryl methyl sites for hydroxylation is 3. The number of hydrogen-bond acceptors (Lipinski definition) is 6. The quantitative estimate of drug-likeness (QED) is 0.590. The summed E-state index contributed by atoms with van der Waals surface area (Å²) in [5.74, 6) is -1.69. The minimum Gasteiger partial charge on any atom is -0.313 e. The standard InChI is InChI=1S/C21H17ClN4O2S/c1-11-8-17(26-21(28)14-6-4-5-7-16(14)22)29-19(11)18(27)15(10-23)20-24-12(2)9-13(3)25-20/h4-9,15H,1-3H3,(H,26,28). The first-order valence-corrected chi connectivity index (χ1v) is 9.92. The van der Waals surface area contributed by atoms with E-state index >= 15 is 0 Å². The molecule has 1 aromatic carbocycles. The van der Waals surface area contributed by atoms with E-state index in [2.05, 4.69) is 15.3 Å². The number of carbonyl (C=O) groups excluding carboxylic acids is 2. The van der Waals surface area contributed by atoms with Crippen molar-refractivity contribution in [3.8, 4) is 6.07 Å². The second-order valence-electron chi connectivity index (χ2n) is 6.49. The Morgan fingerprint density at radius 2 is 1.79 bits per heavy atom. The number of ketones is 1. The second kappa shape index (κ2) is 8.52. The average Bonchev–Trinajstić information content (AvgIpc) is 3.01. The first-order chi connectivity index (χ1) is 13.8. The van der Waals surface area contributed by atoms with Gasteiger partial charge in [0, 0.05) is 11.4 Å². The van der Waals surface area contributed by atoms with E-state index in [1.165, 1.54) is 0 Å². The summed E-state index contributed by atoms with van der Waals surface area (Å²) >= 11 is 7.18. The summed E-state index contributed by atoms with van der Waals surface area (Å²) < 4.78 is 0. The number of rotatable bonds is 5. The van der Waals surface area contributed by atoms with Gasteiger partial charge in [-0.2, -0.15) is 5.26 Å². The van der Waals surface area contributed by atoms with Crippen LogP contribution in [0, 0.1) is 32.1 Å². The molecule has 3 rings (SSSR count). The molecule has 0 aliphatic carbocycles. The van der Waals surface area contributed by atoms with E-state index < -0.39 is 11.7 Å². The van der Waals surface area contributed by atoms with E-state index in [1.807, 2.05) is 6.07 Å². The Morgan fingerprint density at radius 3 is 2.41 bits per heavy atom. The second-order valence-corrected chi connectivity index (χ2v) is 7.95. The fourth-order valence-electron chi connectivity index (χ4n) is 2.86. The molecule has 0 aliphatic heterocycles. The van der Waals surface area contributed by atoms with Gasteiger partial charge in [0.25, 0.3) is 5.91 Å². The summed E-state index contributed by atoms with van der Waals surface area (Å²) in [6.07, 6.45) is 0. The Kier molecular flexibility index (Phi) is 6.06. The van der Waals surface area contributed by atoms with Gasteiger partial charge in [0.1, 0.15) is 0 Å². The van der Waals surface area contributed by atoms with Gasteiger partial charge >= 0.3 is 0 Å². The van der Waals surface area contributed by atoms with E-state index in [0.29, 0.717) is 37.4 Å². The Bertz CT molecular complexity index is 1130. The van der Waals surface area contributed by atoms with Crippen LogP contribution in [-0.2, 0) is 0 Å². The van der Waals surface area contributed by atoms with Gasteiger partial charge < -0.3 is 5.32 Å². The zero-order chi connectivity index (χ0) is 21.1. The number of nitrogens with zero attached hydrogens (tertiary/aromatic N) is 3. The molecule has 146 valence electrons. The maximum atomic E-state index is 13.0. The summed E-state index contributed by atoms with van der Waals surface area (Å²) in [5, 5.41) is 13.2. The van der Waals surface area contributed by atoms with Crippen LogP contribution >= 0.6 is 22.9 Å². The van der Waals surface area contributed by atoms with E-state index in [9.17, 15) is 14.9 Å². The maximum absolute atomic E-state index is 13.0. The number of nitriles is 1. The summed E-state index contributed by atoms with van der Waals surface area (Å²) in [6.45, 7) is 5.33.